The van der Waals surface area contributed by atoms with Gasteiger partial charge in [0.25, 0.3) is 0 Å². The van der Waals surface area contributed by atoms with E-state index in [0.29, 0.717) is 91.2 Å². The molecule has 4 fully saturated rings. The number of methoxy groups -OCH3 is 1. The van der Waals surface area contributed by atoms with Crippen molar-refractivity contribution in [1.29, 1.82) is 0 Å². The number of hydrazine groups is 2. The van der Waals surface area contributed by atoms with E-state index >= 15 is 0 Å². The molecule has 3 amide bonds. The molecule has 0 saturated carbocycles. The van der Waals surface area contributed by atoms with Crippen molar-refractivity contribution in [3.8, 4) is 0 Å². The summed E-state index contributed by atoms with van der Waals surface area (Å²) in [6.07, 6.45) is 5.44. The Kier molecular flexibility index (Phi) is 54.7. The minimum Gasteiger partial charge on any atom is -0.394 e. The fourth-order valence-electron chi connectivity index (χ4n) is 14.6. The second kappa shape index (κ2) is 61.2. The zero-order valence-electron chi connectivity index (χ0n) is 75.8. The number of hydrogen-bond acceptors (Lipinski definition) is 37. The van der Waals surface area contributed by atoms with E-state index in [4.69, 9.17) is 43.0 Å². The Morgan fingerprint density at radius 2 is 0.823 bits per heavy atom. The van der Waals surface area contributed by atoms with Crippen LogP contribution in [-0.2, 0) is 96.3 Å². The fraction of sp³-hybridized carbons (Fsp3) is 0.864. The summed E-state index contributed by atoms with van der Waals surface area (Å²) in [6, 6.07) is -3.05. The molecule has 124 heavy (non-hydrogen) atoms. The lowest BCUT2D eigenvalue weighted by molar-refractivity contribution is -0.282. The van der Waals surface area contributed by atoms with Gasteiger partial charge in [-0.1, -0.05) is 70.0 Å². The Morgan fingerprint density at radius 3 is 1.16 bits per heavy atom. The van der Waals surface area contributed by atoms with Gasteiger partial charge in [-0.25, -0.2) is 0 Å². The summed E-state index contributed by atoms with van der Waals surface area (Å²) in [5.74, 6) is -1.79. The second-order valence-electron chi connectivity index (χ2n) is 33.1. The molecule has 18 N–H and O–H groups in total. The first-order valence-corrected chi connectivity index (χ1v) is 45.3. The maximum atomic E-state index is 12.0. The van der Waals surface area contributed by atoms with Gasteiger partial charge in [-0.05, 0) is 128 Å². The number of carbonyl (C=O) groups excluding carboxylic acids is 3. The van der Waals surface area contributed by atoms with Crippen molar-refractivity contribution in [3.63, 3.8) is 0 Å². The zero-order chi connectivity index (χ0) is 91.8. The van der Waals surface area contributed by atoms with Crippen molar-refractivity contribution in [2.45, 2.75) is 327 Å². The van der Waals surface area contributed by atoms with Gasteiger partial charge in [0.1, 0.15) is 85.3 Å². The van der Waals surface area contributed by atoms with E-state index in [-0.39, 0.29) is 31.3 Å². The third kappa shape index (κ3) is 39.1. The third-order valence-electron chi connectivity index (χ3n) is 20.8. The van der Waals surface area contributed by atoms with Gasteiger partial charge in [-0.2, -0.15) is 11.8 Å². The first-order chi connectivity index (χ1) is 59.3. The number of carbonyl (C=O) groups is 3. The van der Waals surface area contributed by atoms with Crippen LogP contribution in [-0.4, -0.2) is 375 Å². The van der Waals surface area contributed by atoms with E-state index in [1.165, 1.54) is 27.2 Å². The SMILES string of the molecule is CC(=O)N[C@H]1[C@H](OCCCCCN2C=C(CN(Cc3cn(CCCCCO[C@@H]4O[C@H](CO)[C@H](O)[C@H](O)[C@H]4C)nn3)C(CCCCN(Cc3cn(CCCCCO[C@@H]4O[C@H](CO)[C@H](O)[C@H](O)[C@H]4NC(C)=O)nn3)Cc3cn(CCCCCO[C@@H]4O[C@H](CO)[C@H](O)[C@H](O)[C@H]4NC(C)=O)nn3)C(C)(C)C)NN2)O[C@H](CO)[C@H](O)[C@@H]1O.CCC.CNC.COC.CSC. The molecule has 0 bridgehead atoms. The third-order valence-corrected chi connectivity index (χ3v) is 20.8. The molecular weight excluding hydrogens is 1640 g/mol. The van der Waals surface area contributed by atoms with Gasteiger partial charge in [0.15, 0.2) is 25.2 Å². The summed E-state index contributed by atoms with van der Waals surface area (Å²) in [6.45, 7) is 20.6. The lowest BCUT2D eigenvalue weighted by atomic mass is 9.82. The van der Waals surface area contributed by atoms with Crippen LogP contribution in [0, 0.1) is 11.3 Å². The molecule has 43 heteroatoms. The molecule has 8 heterocycles. The van der Waals surface area contributed by atoms with Crippen LogP contribution < -0.4 is 32.2 Å². The maximum Gasteiger partial charge on any atom is 0.217 e. The molecule has 718 valence electrons. The van der Waals surface area contributed by atoms with E-state index in [0.717, 1.165) is 93.4 Å². The topological polar surface area (TPSA) is 551 Å². The molecule has 8 rings (SSSR count). The van der Waals surface area contributed by atoms with Gasteiger partial charge in [0.05, 0.1) is 55.3 Å². The highest BCUT2D eigenvalue weighted by atomic mass is 32.2. The molecule has 0 spiro atoms. The zero-order valence-corrected chi connectivity index (χ0v) is 76.6. The van der Waals surface area contributed by atoms with Crippen molar-refractivity contribution in [1.82, 2.24) is 92.0 Å². The van der Waals surface area contributed by atoms with Crippen LogP contribution in [0.2, 0.25) is 0 Å². The molecule has 3 aromatic rings. The largest absolute Gasteiger partial charge is 0.394 e. The highest BCUT2D eigenvalue weighted by molar-refractivity contribution is 7.97. The molecule has 0 radical (unpaired) electrons. The molecule has 0 aliphatic carbocycles. The fourth-order valence-corrected chi connectivity index (χ4v) is 14.6. The normalized spacial score (nSPS) is 27.1. The summed E-state index contributed by atoms with van der Waals surface area (Å²) in [5.41, 5.74) is 9.76. The number of nitrogens with zero attached hydrogens (tertiary/aromatic N) is 12. The van der Waals surface area contributed by atoms with Crippen LogP contribution >= 0.6 is 11.8 Å². The molecule has 21 atom stereocenters. The molecular formula is C81H154N18O24S. The van der Waals surface area contributed by atoms with Crippen LogP contribution in [0.5, 0.6) is 0 Å². The summed E-state index contributed by atoms with van der Waals surface area (Å²) >= 11 is 1.75. The predicted molar refractivity (Wildman–Crippen MR) is 458 cm³/mol. The van der Waals surface area contributed by atoms with Gasteiger partial charge in [-0.3, -0.25) is 43.2 Å². The average molecular weight is 1800 g/mol. The lowest BCUT2D eigenvalue weighted by Crippen LogP contribution is -2.64. The van der Waals surface area contributed by atoms with Crippen LogP contribution in [0.1, 0.15) is 182 Å². The van der Waals surface area contributed by atoms with E-state index in [1.54, 1.807) is 32.9 Å². The van der Waals surface area contributed by atoms with Crippen molar-refractivity contribution in [3.05, 3.63) is 47.6 Å². The first-order valence-electron chi connectivity index (χ1n) is 43.6. The number of aromatic nitrogens is 9. The smallest absolute Gasteiger partial charge is 0.217 e. The number of aliphatic hydroxyl groups is 12. The molecule has 5 aliphatic heterocycles. The summed E-state index contributed by atoms with van der Waals surface area (Å²) in [5, 5.41) is 163. The van der Waals surface area contributed by atoms with Gasteiger partial charge in [-0.15, -0.1) is 20.8 Å². The summed E-state index contributed by atoms with van der Waals surface area (Å²) in [4.78, 5) is 40.6. The number of rotatable bonds is 49. The standard InChI is InChI=1S/C72H127N17O23.C3H8.C2H7N.C2H6O.C2H6S/c1-44-60(97)61(98)52(40-90)109-68(44)105-28-18-8-13-26-88-38-50(78-82-88)34-85(35-51-39-89(83-79-51)27-16-11-21-31-108-71-59(75-47(4)96)67(104)64(101)55(43-93)112-71)56(72(5,6)7)22-12-17-23-84(32-48-36-86(80-76-48)24-14-9-19-29-106-69-57(73-45(2)94)65(102)62(99)53(41-91)110-69)33-49-37-87(81-77-49)25-15-10-20-30-107-70-58(74-46(3)95)66(103)63(100)54(42-92)111-70;4*1-3-2/h36-39,44,52-71,79,83,90-93,97-104H,8-35,40-43H2,1-7H3,(H,73,94)(H,74,95)(H,75,96);3H2,1-2H3;3H,1-2H3;2*1-2H3/t44-,52-,53-,54-,55-,56?,57-,58-,59-,60-,61+,62+,63+,64+,65-,66-,67-,68-,69-,70-,71-;;;;/m1..../s1. The number of aryl methyl sites for hydroxylation is 3. The highest BCUT2D eigenvalue weighted by Crippen LogP contribution is 2.33. The maximum absolute atomic E-state index is 12.0. The molecule has 42 nitrogen and oxygen atoms in total. The van der Waals surface area contributed by atoms with Gasteiger partial charge in [0, 0.05) is 151 Å². The van der Waals surface area contributed by atoms with Crippen LogP contribution in [0.4, 0.5) is 0 Å². The van der Waals surface area contributed by atoms with Gasteiger partial charge >= 0.3 is 0 Å². The van der Waals surface area contributed by atoms with Crippen molar-refractivity contribution < 1.29 is 118 Å². The van der Waals surface area contributed by atoms with E-state index in [2.05, 4.69) is 113 Å². The van der Waals surface area contributed by atoms with Crippen molar-refractivity contribution >= 4 is 29.5 Å². The Hall–Kier alpha value is -5.48. The highest BCUT2D eigenvalue weighted by Gasteiger charge is 2.49. The lowest BCUT2D eigenvalue weighted by Gasteiger charge is -2.42. The molecule has 0 aromatic carbocycles. The number of unbranched alkanes of at least 4 members (excludes halogenated alkanes) is 9. The van der Waals surface area contributed by atoms with Crippen LogP contribution in [0.3, 0.4) is 0 Å². The minimum atomic E-state index is -1.42. The number of thioether (sulfide) groups is 1. The van der Waals surface area contributed by atoms with E-state index < -0.39 is 167 Å². The van der Waals surface area contributed by atoms with Crippen LogP contribution in [0.15, 0.2) is 30.5 Å². The van der Waals surface area contributed by atoms with E-state index in [9.17, 15) is 75.7 Å². The monoisotopic (exact) mass is 1800 g/mol. The Bertz CT molecular complexity index is 3230. The number of ether oxygens (including phenoxy) is 9. The number of nitrogens with one attached hydrogen (secondary N) is 6. The van der Waals surface area contributed by atoms with Crippen molar-refractivity contribution in [2.24, 2.45) is 11.3 Å². The predicted octanol–water partition coefficient (Wildman–Crippen LogP) is -1.14. The van der Waals surface area contributed by atoms with Gasteiger partial charge in [0.2, 0.25) is 17.7 Å². The molecule has 3 aromatic heterocycles. The molecule has 1 unspecified atom stereocenters. The van der Waals surface area contributed by atoms with Crippen LogP contribution in [0.25, 0.3) is 0 Å². The molecule has 5 aliphatic rings. The number of amides is 3. The Labute approximate surface area is 735 Å². The second-order valence-corrected chi connectivity index (χ2v) is 33.9. The Balaban J connectivity index is 0.00000254. The number of hydrogen-bond donors (Lipinski definition) is 18. The average Bonchev–Trinajstić information content (AvgIpc) is 1.31. The van der Waals surface area contributed by atoms with Gasteiger partial charge < -0.3 is 131 Å². The minimum absolute atomic E-state index is 0.0349. The number of aliphatic hydroxyl groups excluding tert-OH is 12. The molecule has 4 saturated heterocycles. The summed E-state index contributed by atoms with van der Waals surface area (Å²) < 4.78 is 56.4. The van der Waals surface area contributed by atoms with Crippen molar-refractivity contribution in [2.75, 3.05) is 113 Å². The Morgan fingerprint density at radius 1 is 0.500 bits per heavy atom. The first kappa shape index (κ1) is 111. The quantitative estimate of drug-likeness (QED) is 0.0297. The van der Waals surface area contributed by atoms with E-state index in [1.807, 2.05) is 64.3 Å². The summed E-state index contributed by atoms with van der Waals surface area (Å²) in [7, 11) is 7.00.